The third-order valence-electron chi connectivity index (χ3n) is 3.93. The summed E-state index contributed by atoms with van der Waals surface area (Å²) in [6.07, 6.45) is 0. The van der Waals surface area contributed by atoms with Crippen LogP contribution in [0.5, 0.6) is 0 Å². The lowest BCUT2D eigenvalue weighted by molar-refractivity contribution is -0.922. The van der Waals surface area contributed by atoms with Crippen molar-refractivity contribution in [3.05, 3.63) is 26.6 Å². The van der Waals surface area contributed by atoms with Crippen molar-refractivity contribution in [2.24, 2.45) is 0 Å². The van der Waals surface area contributed by atoms with E-state index in [1.54, 1.807) is 13.8 Å². The zero-order chi connectivity index (χ0) is 16.4. The molecule has 3 heterocycles. The molecule has 0 aliphatic carbocycles. The van der Waals surface area contributed by atoms with Crippen LogP contribution in [0, 0.1) is 6.92 Å². The van der Waals surface area contributed by atoms with Crippen LogP contribution in [0.15, 0.2) is 4.79 Å². The first-order valence-electron chi connectivity index (χ1n) is 7.71. The Labute approximate surface area is 137 Å². The highest BCUT2D eigenvalue weighted by molar-refractivity contribution is 7.20. The molecule has 1 fully saturated rings. The number of rotatable bonds is 4. The van der Waals surface area contributed by atoms with Gasteiger partial charge in [0.15, 0.2) is 5.82 Å². The van der Waals surface area contributed by atoms with Gasteiger partial charge < -0.3 is 19.4 Å². The van der Waals surface area contributed by atoms with E-state index in [0.717, 1.165) is 26.3 Å². The van der Waals surface area contributed by atoms with Crippen molar-refractivity contribution in [3.63, 3.8) is 0 Å². The number of morpholine rings is 1. The maximum Gasteiger partial charge on any atom is 0.348 e. The van der Waals surface area contributed by atoms with Crippen LogP contribution in [-0.2, 0) is 16.0 Å². The summed E-state index contributed by atoms with van der Waals surface area (Å²) in [4.78, 5) is 34.1. The van der Waals surface area contributed by atoms with Crippen molar-refractivity contribution in [1.82, 2.24) is 9.97 Å². The van der Waals surface area contributed by atoms with Gasteiger partial charge in [-0.15, -0.1) is 11.3 Å². The summed E-state index contributed by atoms with van der Waals surface area (Å²) < 4.78 is 10.4. The number of carbonyl (C=O) groups is 1. The minimum absolute atomic E-state index is 0.193. The van der Waals surface area contributed by atoms with Gasteiger partial charge in [-0.3, -0.25) is 4.79 Å². The quantitative estimate of drug-likeness (QED) is 0.760. The van der Waals surface area contributed by atoms with Crippen molar-refractivity contribution < 1.29 is 19.2 Å². The van der Waals surface area contributed by atoms with E-state index in [1.807, 2.05) is 0 Å². The molecule has 0 bridgehead atoms. The number of thiophene rings is 1. The number of ether oxygens (including phenoxy) is 2. The van der Waals surface area contributed by atoms with Gasteiger partial charge in [0, 0.05) is 0 Å². The standard InChI is InChI=1S/C15H19N3O4S/c1-3-22-15(20)12-9(2)11-13(19)16-10(17-14(11)23-12)8-18-4-6-21-7-5-18/h3-8H2,1-2H3,(H,16,17,19)/p+1. The van der Waals surface area contributed by atoms with E-state index in [9.17, 15) is 9.59 Å². The molecule has 2 aromatic heterocycles. The average molecular weight is 338 g/mol. The maximum absolute atomic E-state index is 12.4. The lowest BCUT2D eigenvalue weighted by Crippen LogP contribution is -3.12. The van der Waals surface area contributed by atoms with E-state index in [-0.39, 0.29) is 5.56 Å². The zero-order valence-corrected chi connectivity index (χ0v) is 14.0. The van der Waals surface area contributed by atoms with Crippen LogP contribution >= 0.6 is 11.3 Å². The predicted octanol–water partition coefficient (Wildman–Crippen LogP) is -0.115. The maximum atomic E-state index is 12.4. The minimum atomic E-state index is -0.396. The normalized spacial score (nSPS) is 15.9. The van der Waals surface area contributed by atoms with Crippen LogP contribution < -0.4 is 10.5 Å². The van der Waals surface area contributed by atoms with Crippen LogP contribution in [0.1, 0.15) is 28.0 Å². The average Bonchev–Trinajstić information content (AvgIpc) is 2.86. The van der Waals surface area contributed by atoms with Gasteiger partial charge in [-0.25, -0.2) is 9.78 Å². The fourth-order valence-electron chi connectivity index (χ4n) is 2.74. The largest absolute Gasteiger partial charge is 0.462 e. The number of aromatic nitrogens is 2. The van der Waals surface area contributed by atoms with Crippen LogP contribution in [-0.4, -0.2) is 48.8 Å². The van der Waals surface area contributed by atoms with Gasteiger partial charge in [0.2, 0.25) is 0 Å². The molecule has 0 amide bonds. The molecule has 124 valence electrons. The molecular weight excluding hydrogens is 318 g/mol. The molecule has 23 heavy (non-hydrogen) atoms. The first-order valence-corrected chi connectivity index (χ1v) is 8.52. The third-order valence-corrected chi connectivity index (χ3v) is 5.09. The number of H-pyrrole nitrogens is 1. The number of aryl methyl sites for hydroxylation is 1. The number of quaternary nitrogens is 1. The highest BCUT2D eigenvalue weighted by atomic mass is 32.1. The molecule has 3 rings (SSSR count). The molecule has 0 spiro atoms. The SMILES string of the molecule is CCOC(=O)c1sc2nc(C[NH+]3CCOCC3)[nH]c(=O)c2c1C. The van der Waals surface area contributed by atoms with Crippen LogP contribution in [0.4, 0.5) is 0 Å². The molecule has 0 radical (unpaired) electrons. The number of aromatic amines is 1. The van der Waals surface area contributed by atoms with Gasteiger partial charge in [-0.05, 0) is 19.4 Å². The van der Waals surface area contributed by atoms with E-state index in [2.05, 4.69) is 9.97 Å². The molecule has 0 saturated carbocycles. The van der Waals surface area contributed by atoms with Crippen molar-refractivity contribution >= 4 is 27.5 Å². The summed E-state index contributed by atoms with van der Waals surface area (Å²) in [5.74, 6) is 0.254. The van der Waals surface area contributed by atoms with Crippen molar-refractivity contribution in [3.8, 4) is 0 Å². The van der Waals surface area contributed by atoms with Gasteiger partial charge >= 0.3 is 5.97 Å². The smallest absolute Gasteiger partial charge is 0.348 e. The monoisotopic (exact) mass is 338 g/mol. The molecule has 0 unspecified atom stereocenters. The number of fused-ring (bicyclic) bond motifs is 1. The van der Waals surface area contributed by atoms with Crippen LogP contribution in [0.3, 0.4) is 0 Å². The topological polar surface area (TPSA) is 85.7 Å². The second-order valence-corrected chi connectivity index (χ2v) is 6.51. The Morgan fingerprint density at radius 3 is 2.87 bits per heavy atom. The molecule has 1 aliphatic heterocycles. The Morgan fingerprint density at radius 2 is 2.17 bits per heavy atom. The lowest BCUT2D eigenvalue weighted by Gasteiger charge is -2.22. The number of hydrogen-bond acceptors (Lipinski definition) is 6. The summed E-state index contributed by atoms with van der Waals surface area (Å²) >= 11 is 1.22. The number of nitrogens with one attached hydrogen (secondary N) is 2. The predicted molar refractivity (Wildman–Crippen MR) is 86.2 cm³/mol. The Hall–Kier alpha value is -1.77. The molecule has 0 atom stereocenters. The van der Waals surface area contributed by atoms with Crippen molar-refractivity contribution in [1.29, 1.82) is 0 Å². The minimum Gasteiger partial charge on any atom is -0.462 e. The zero-order valence-electron chi connectivity index (χ0n) is 13.2. The fraction of sp³-hybridized carbons (Fsp3) is 0.533. The van der Waals surface area contributed by atoms with Crippen molar-refractivity contribution in [2.75, 3.05) is 32.9 Å². The molecule has 2 N–H and O–H groups in total. The van der Waals surface area contributed by atoms with E-state index < -0.39 is 5.97 Å². The van der Waals surface area contributed by atoms with Crippen LogP contribution in [0.2, 0.25) is 0 Å². The highest BCUT2D eigenvalue weighted by Crippen LogP contribution is 2.27. The van der Waals surface area contributed by atoms with E-state index in [0.29, 0.717) is 39.6 Å². The summed E-state index contributed by atoms with van der Waals surface area (Å²) in [6.45, 7) is 7.74. The molecule has 1 aliphatic rings. The highest BCUT2D eigenvalue weighted by Gasteiger charge is 2.21. The molecule has 1 saturated heterocycles. The Morgan fingerprint density at radius 1 is 1.43 bits per heavy atom. The Kier molecular flexibility index (Phi) is 4.74. The molecular formula is C15H20N3O4S+. The molecule has 2 aromatic rings. The number of carbonyl (C=O) groups excluding carboxylic acids is 1. The molecule has 0 aromatic carbocycles. The van der Waals surface area contributed by atoms with E-state index >= 15 is 0 Å². The van der Waals surface area contributed by atoms with Gasteiger partial charge in [0.05, 0.1) is 25.2 Å². The van der Waals surface area contributed by atoms with E-state index in [4.69, 9.17) is 9.47 Å². The number of hydrogen-bond donors (Lipinski definition) is 2. The first kappa shape index (κ1) is 16.1. The Balaban J connectivity index is 1.94. The summed E-state index contributed by atoms with van der Waals surface area (Å²) in [5.41, 5.74) is 0.449. The second-order valence-electron chi connectivity index (χ2n) is 5.51. The number of esters is 1. The summed E-state index contributed by atoms with van der Waals surface area (Å²) in [5, 5.41) is 0.485. The van der Waals surface area contributed by atoms with Crippen LogP contribution in [0.25, 0.3) is 10.2 Å². The lowest BCUT2D eigenvalue weighted by atomic mass is 10.2. The Bertz CT molecular complexity index is 777. The van der Waals surface area contributed by atoms with Crippen molar-refractivity contribution in [2.45, 2.75) is 20.4 Å². The summed E-state index contributed by atoms with van der Waals surface area (Å²) in [7, 11) is 0. The summed E-state index contributed by atoms with van der Waals surface area (Å²) in [6, 6.07) is 0. The first-order chi connectivity index (χ1) is 11.1. The molecule has 8 heteroatoms. The van der Waals surface area contributed by atoms with Gasteiger partial charge in [-0.1, -0.05) is 0 Å². The van der Waals surface area contributed by atoms with Gasteiger partial charge in [0.1, 0.15) is 29.3 Å². The molecule has 7 nitrogen and oxygen atoms in total. The third kappa shape index (κ3) is 3.29. The van der Waals surface area contributed by atoms with Gasteiger partial charge in [-0.2, -0.15) is 0 Å². The number of nitrogens with zero attached hydrogens (tertiary/aromatic N) is 1. The van der Waals surface area contributed by atoms with Gasteiger partial charge in [0.25, 0.3) is 5.56 Å². The van der Waals surface area contributed by atoms with E-state index in [1.165, 1.54) is 16.2 Å². The fourth-order valence-corrected chi connectivity index (χ4v) is 3.83. The second kappa shape index (κ2) is 6.77.